The first-order valence-electron chi connectivity index (χ1n) is 5.21. The third-order valence-electron chi connectivity index (χ3n) is 2.70. The van der Waals surface area contributed by atoms with Gasteiger partial charge in [0, 0.05) is 10.0 Å². The third-order valence-corrected chi connectivity index (χ3v) is 3.39. The lowest BCUT2D eigenvalue weighted by molar-refractivity contribution is 0.112. The predicted octanol–water partition coefficient (Wildman–Crippen LogP) is 3.58. The lowest BCUT2D eigenvalue weighted by atomic mass is 10.2. The molecule has 0 N–H and O–H groups in total. The van der Waals surface area contributed by atoms with E-state index in [9.17, 15) is 4.79 Å². The lowest BCUT2D eigenvalue weighted by Crippen LogP contribution is -2.10. The Labute approximate surface area is 97.8 Å². The Morgan fingerprint density at radius 3 is 2.67 bits per heavy atom. The number of ether oxygens (including phenoxy) is 1. The number of halogens is 1. The molecular weight excluding hydrogens is 256 g/mol. The molecule has 0 aromatic heterocycles. The summed E-state index contributed by atoms with van der Waals surface area (Å²) in [5.41, 5.74) is 0.661. The molecule has 0 aliphatic heterocycles. The average molecular weight is 269 g/mol. The Hall–Kier alpha value is -0.830. The number of rotatable bonds is 3. The van der Waals surface area contributed by atoms with Crippen molar-refractivity contribution in [2.45, 2.75) is 31.8 Å². The van der Waals surface area contributed by atoms with E-state index in [1.165, 1.54) is 12.8 Å². The zero-order valence-corrected chi connectivity index (χ0v) is 10.00. The molecule has 15 heavy (non-hydrogen) atoms. The number of hydrogen-bond donors (Lipinski definition) is 0. The van der Waals surface area contributed by atoms with Crippen LogP contribution in [0.5, 0.6) is 5.75 Å². The van der Waals surface area contributed by atoms with Crippen molar-refractivity contribution in [1.29, 1.82) is 0 Å². The molecule has 3 heteroatoms. The summed E-state index contributed by atoms with van der Waals surface area (Å²) in [4.78, 5) is 10.6. The van der Waals surface area contributed by atoms with Crippen molar-refractivity contribution in [3.05, 3.63) is 28.2 Å². The van der Waals surface area contributed by atoms with E-state index in [-0.39, 0.29) is 0 Å². The summed E-state index contributed by atoms with van der Waals surface area (Å²) in [6, 6.07) is 5.50. The smallest absolute Gasteiger partial charge is 0.151 e. The molecule has 1 saturated carbocycles. The molecule has 0 radical (unpaired) electrons. The van der Waals surface area contributed by atoms with Crippen LogP contribution < -0.4 is 4.74 Å². The van der Waals surface area contributed by atoms with Gasteiger partial charge in [0.1, 0.15) is 5.75 Å². The van der Waals surface area contributed by atoms with Gasteiger partial charge in [-0.2, -0.15) is 0 Å². The summed E-state index contributed by atoms with van der Waals surface area (Å²) in [6.07, 6.45) is 6.01. The molecule has 1 fully saturated rings. The first-order chi connectivity index (χ1) is 7.29. The van der Waals surface area contributed by atoms with Gasteiger partial charge >= 0.3 is 0 Å². The summed E-state index contributed by atoms with van der Waals surface area (Å²) in [5.74, 6) is 0.847. The molecule has 1 aliphatic carbocycles. The maximum Gasteiger partial charge on any atom is 0.151 e. The molecule has 0 spiro atoms. The van der Waals surface area contributed by atoms with Gasteiger partial charge in [-0.3, -0.25) is 4.79 Å². The summed E-state index contributed by atoms with van der Waals surface area (Å²) in [6.45, 7) is 0. The second-order valence-corrected chi connectivity index (χ2v) is 4.68. The molecule has 0 bridgehead atoms. The summed E-state index contributed by atoms with van der Waals surface area (Å²) < 4.78 is 6.61. The van der Waals surface area contributed by atoms with Crippen LogP contribution in [0, 0.1) is 0 Å². The van der Waals surface area contributed by atoms with Crippen LogP contribution in [0.3, 0.4) is 0 Å². The quantitative estimate of drug-likeness (QED) is 0.784. The highest BCUT2D eigenvalue weighted by Gasteiger charge is 2.16. The molecule has 1 aliphatic rings. The fourth-order valence-corrected chi connectivity index (χ4v) is 2.33. The summed E-state index contributed by atoms with van der Waals surface area (Å²) >= 11 is 3.35. The maximum atomic E-state index is 10.6. The van der Waals surface area contributed by atoms with Gasteiger partial charge in [-0.25, -0.2) is 0 Å². The van der Waals surface area contributed by atoms with Crippen molar-refractivity contribution >= 4 is 22.2 Å². The molecule has 1 aromatic rings. The molecule has 0 amide bonds. The van der Waals surface area contributed by atoms with E-state index < -0.39 is 0 Å². The minimum absolute atomic E-state index is 0.360. The SMILES string of the molecule is O=Cc1ccc(OC2CCCC2)cc1Br. The Morgan fingerprint density at radius 2 is 2.07 bits per heavy atom. The summed E-state index contributed by atoms with van der Waals surface area (Å²) in [7, 11) is 0. The molecule has 1 aromatic carbocycles. The highest BCUT2D eigenvalue weighted by molar-refractivity contribution is 9.10. The second kappa shape index (κ2) is 4.79. The van der Waals surface area contributed by atoms with Crippen LogP contribution in [0.4, 0.5) is 0 Å². The Morgan fingerprint density at radius 1 is 1.33 bits per heavy atom. The zero-order valence-electron chi connectivity index (χ0n) is 8.41. The summed E-state index contributed by atoms with van der Waals surface area (Å²) in [5, 5.41) is 0. The minimum Gasteiger partial charge on any atom is -0.490 e. The number of carbonyl (C=O) groups is 1. The van der Waals surface area contributed by atoms with Crippen LogP contribution in [0.15, 0.2) is 22.7 Å². The van der Waals surface area contributed by atoms with Crippen LogP contribution in [-0.2, 0) is 0 Å². The van der Waals surface area contributed by atoms with Crippen molar-refractivity contribution in [2.75, 3.05) is 0 Å². The number of hydrogen-bond acceptors (Lipinski definition) is 2. The maximum absolute atomic E-state index is 10.6. The monoisotopic (exact) mass is 268 g/mol. The first kappa shape index (κ1) is 10.7. The largest absolute Gasteiger partial charge is 0.490 e. The predicted molar refractivity (Wildman–Crippen MR) is 62.4 cm³/mol. The van der Waals surface area contributed by atoms with Gasteiger partial charge in [-0.05, 0) is 59.8 Å². The molecule has 2 nitrogen and oxygen atoms in total. The van der Waals surface area contributed by atoms with Crippen molar-refractivity contribution in [1.82, 2.24) is 0 Å². The topological polar surface area (TPSA) is 26.3 Å². The molecule has 0 saturated heterocycles. The van der Waals surface area contributed by atoms with Gasteiger partial charge in [-0.15, -0.1) is 0 Å². The standard InChI is InChI=1S/C12H13BrO2/c13-12-7-11(6-5-9(12)8-14)15-10-3-1-2-4-10/h5-8,10H,1-4H2. The average Bonchev–Trinajstić information content (AvgIpc) is 2.71. The van der Waals surface area contributed by atoms with E-state index in [2.05, 4.69) is 15.9 Å². The van der Waals surface area contributed by atoms with Gasteiger partial charge in [0.25, 0.3) is 0 Å². The van der Waals surface area contributed by atoms with Gasteiger partial charge in [0.2, 0.25) is 0 Å². The third kappa shape index (κ3) is 2.59. The van der Waals surface area contributed by atoms with E-state index in [0.29, 0.717) is 11.7 Å². The normalized spacial score (nSPS) is 16.6. The zero-order chi connectivity index (χ0) is 10.7. The minimum atomic E-state index is 0.360. The molecule has 2 rings (SSSR count). The van der Waals surface area contributed by atoms with Crippen LogP contribution in [0.1, 0.15) is 36.0 Å². The van der Waals surface area contributed by atoms with Crippen LogP contribution in [0.25, 0.3) is 0 Å². The van der Waals surface area contributed by atoms with E-state index in [1.54, 1.807) is 6.07 Å². The molecule has 0 unspecified atom stereocenters. The van der Waals surface area contributed by atoms with Crippen molar-refractivity contribution < 1.29 is 9.53 Å². The molecule has 80 valence electrons. The van der Waals surface area contributed by atoms with Crippen molar-refractivity contribution in [3.63, 3.8) is 0 Å². The van der Waals surface area contributed by atoms with E-state index >= 15 is 0 Å². The number of benzene rings is 1. The first-order valence-corrected chi connectivity index (χ1v) is 6.00. The molecule has 0 heterocycles. The van der Waals surface area contributed by atoms with Crippen LogP contribution >= 0.6 is 15.9 Å². The number of aldehydes is 1. The second-order valence-electron chi connectivity index (χ2n) is 3.83. The van der Waals surface area contributed by atoms with E-state index in [4.69, 9.17) is 4.74 Å². The van der Waals surface area contributed by atoms with Gasteiger partial charge < -0.3 is 4.74 Å². The van der Waals surface area contributed by atoms with Crippen LogP contribution in [-0.4, -0.2) is 12.4 Å². The lowest BCUT2D eigenvalue weighted by Gasteiger charge is -2.13. The highest BCUT2D eigenvalue weighted by Crippen LogP contribution is 2.27. The Kier molecular flexibility index (Phi) is 3.41. The van der Waals surface area contributed by atoms with Gasteiger partial charge in [0.15, 0.2) is 6.29 Å². The number of carbonyl (C=O) groups excluding carboxylic acids is 1. The molecular formula is C12H13BrO2. The van der Waals surface area contributed by atoms with E-state index in [1.807, 2.05) is 12.1 Å². The van der Waals surface area contributed by atoms with Crippen molar-refractivity contribution in [3.8, 4) is 5.75 Å². The van der Waals surface area contributed by atoms with E-state index in [0.717, 1.165) is 29.4 Å². The fourth-order valence-electron chi connectivity index (χ4n) is 1.88. The van der Waals surface area contributed by atoms with Gasteiger partial charge in [-0.1, -0.05) is 0 Å². The Bertz CT molecular complexity index is 357. The fraction of sp³-hybridized carbons (Fsp3) is 0.417. The highest BCUT2D eigenvalue weighted by atomic mass is 79.9. The van der Waals surface area contributed by atoms with Crippen LogP contribution in [0.2, 0.25) is 0 Å². The van der Waals surface area contributed by atoms with Crippen molar-refractivity contribution in [2.24, 2.45) is 0 Å². The Balaban J connectivity index is 2.08. The van der Waals surface area contributed by atoms with Gasteiger partial charge in [0.05, 0.1) is 6.10 Å². The molecule has 0 atom stereocenters.